The molecule has 0 radical (unpaired) electrons. The molecule has 1 saturated heterocycles. The molecule has 3 atom stereocenters. The van der Waals surface area contributed by atoms with Crippen molar-refractivity contribution in [3.05, 3.63) is 42.2 Å². The van der Waals surface area contributed by atoms with Crippen molar-refractivity contribution in [2.75, 3.05) is 24.6 Å². The van der Waals surface area contributed by atoms with E-state index < -0.39 is 0 Å². The average molecular weight is 417 g/mol. The van der Waals surface area contributed by atoms with Crippen molar-refractivity contribution < 1.29 is 9.90 Å². The topological polar surface area (TPSA) is 82.1 Å². The fourth-order valence-corrected chi connectivity index (χ4v) is 5.90. The molecule has 6 heteroatoms. The highest BCUT2D eigenvalue weighted by Crippen LogP contribution is 2.52. The fourth-order valence-electron chi connectivity index (χ4n) is 5.90. The van der Waals surface area contributed by atoms with Gasteiger partial charge in [-0.25, -0.2) is 9.97 Å². The fraction of sp³-hybridized carbons (Fsp3) is 0.480. The summed E-state index contributed by atoms with van der Waals surface area (Å²) in [5, 5.41) is 9.42. The lowest BCUT2D eigenvalue weighted by molar-refractivity contribution is 0.0825. The van der Waals surface area contributed by atoms with E-state index in [1.807, 2.05) is 0 Å². The molecule has 2 saturated carbocycles. The van der Waals surface area contributed by atoms with Crippen LogP contribution in [0.3, 0.4) is 0 Å². The van der Waals surface area contributed by atoms with E-state index in [1.54, 1.807) is 12.4 Å². The van der Waals surface area contributed by atoms with Crippen LogP contribution in [0, 0.1) is 23.2 Å². The summed E-state index contributed by atoms with van der Waals surface area (Å²) in [6, 6.07) is 8.42. The molecule has 0 unspecified atom stereocenters. The number of aliphatic hydroxyl groups excluding tert-OH is 1. The number of aliphatic hydroxyl groups is 1. The maximum Gasteiger partial charge on any atom is 0.172 e. The molecule has 3 heterocycles. The van der Waals surface area contributed by atoms with Gasteiger partial charge in [-0.05, 0) is 42.7 Å². The first-order valence-electron chi connectivity index (χ1n) is 11.4. The van der Waals surface area contributed by atoms with Gasteiger partial charge >= 0.3 is 0 Å². The molecule has 3 aromatic rings. The second-order valence-electron chi connectivity index (χ2n) is 9.88. The van der Waals surface area contributed by atoms with Crippen LogP contribution in [0.15, 0.2) is 36.7 Å². The minimum Gasteiger partial charge on any atom is -0.396 e. The van der Waals surface area contributed by atoms with Gasteiger partial charge in [0, 0.05) is 42.6 Å². The summed E-state index contributed by atoms with van der Waals surface area (Å²) >= 11 is 0. The van der Waals surface area contributed by atoms with Crippen LogP contribution < -0.4 is 4.90 Å². The summed E-state index contributed by atoms with van der Waals surface area (Å²) in [6.45, 7) is 4.43. The van der Waals surface area contributed by atoms with Gasteiger partial charge in [0.05, 0.1) is 17.5 Å². The van der Waals surface area contributed by atoms with Gasteiger partial charge in [0.2, 0.25) is 0 Å². The van der Waals surface area contributed by atoms with Gasteiger partial charge in [0.1, 0.15) is 5.52 Å². The number of hydrogen-bond donors (Lipinski definition) is 2. The molecular formula is C25H28N4O2. The lowest BCUT2D eigenvalue weighted by Crippen LogP contribution is -2.24. The second-order valence-corrected chi connectivity index (χ2v) is 9.88. The first kappa shape index (κ1) is 19.0. The second kappa shape index (κ2) is 6.89. The van der Waals surface area contributed by atoms with Gasteiger partial charge in [0.25, 0.3) is 0 Å². The van der Waals surface area contributed by atoms with Crippen molar-refractivity contribution >= 4 is 22.6 Å². The van der Waals surface area contributed by atoms with Crippen molar-refractivity contribution in [1.29, 1.82) is 0 Å². The standard InChI is InChI=1S/C25H28N4O2/c1-25(7-2-3-8-25)23(31)17-10-26-24-22(17)28-21(11-27-24)15-5-4-6-16(9-15)29-12-18-19(13-29)20(18)14-30/h4-6,9-11,18-20,30H,2-3,7-8,12-14H2,1H3,(H,26,27)/t18-,19+,20+. The molecule has 0 bridgehead atoms. The molecule has 1 aromatic carbocycles. The molecule has 0 spiro atoms. The number of anilines is 1. The smallest absolute Gasteiger partial charge is 0.172 e. The summed E-state index contributed by atoms with van der Waals surface area (Å²) in [5.74, 6) is 1.95. The van der Waals surface area contributed by atoms with Gasteiger partial charge in [-0.1, -0.05) is 31.9 Å². The number of benzene rings is 1. The maximum atomic E-state index is 13.3. The third kappa shape index (κ3) is 2.99. The zero-order valence-electron chi connectivity index (χ0n) is 17.8. The van der Waals surface area contributed by atoms with Crippen molar-refractivity contribution in [3.63, 3.8) is 0 Å². The molecular weight excluding hydrogens is 388 g/mol. The van der Waals surface area contributed by atoms with E-state index in [1.165, 1.54) is 5.69 Å². The first-order chi connectivity index (χ1) is 15.1. The molecule has 1 aliphatic heterocycles. The minimum absolute atomic E-state index is 0.186. The van der Waals surface area contributed by atoms with Crippen LogP contribution >= 0.6 is 0 Å². The van der Waals surface area contributed by atoms with Crippen molar-refractivity contribution in [2.45, 2.75) is 32.6 Å². The highest BCUT2D eigenvalue weighted by atomic mass is 16.3. The van der Waals surface area contributed by atoms with Gasteiger partial charge in [-0.2, -0.15) is 0 Å². The number of hydrogen-bond acceptors (Lipinski definition) is 5. The van der Waals surface area contributed by atoms with Gasteiger partial charge in [-0.3, -0.25) is 4.79 Å². The number of rotatable bonds is 5. The number of ketones is 1. The van der Waals surface area contributed by atoms with E-state index in [0.717, 1.165) is 50.0 Å². The Hall–Kier alpha value is -2.73. The Balaban J connectivity index is 1.31. The van der Waals surface area contributed by atoms with Crippen molar-refractivity contribution in [3.8, 4) is 11.3 Å². The SMILES string of the molecule is CC1(C(=O)c2c[nH]c3ncc(-c4cccc(N5C[C@@H]6[C@@H](CO)[C@@H]6C5)c4)nc23)CCCC1. The van der Waals surface area contributed by atoms with Crippen LogP contribution in [-0.4, -0.2) is 45.5 Å². The lowest BCUT2D eigenvalue weighted by Gasteiger charge is -2.22. The molecule has 2 aromatic heterocycles. The number of nitrogens with zero attached hydrogens (tertiary/aromatic N) is 3. The zero-order chi connectivity index (χ0) is 21.2. The molecule has 3 fully saturated rings. The Morgan fingerprint density at radius 3 is 2.77 bits per heavy atom. The number of carbonyl (C=O) groups is 1. The summed E-state index contributed by atoms with van der Waals surface area (Å²) in [4.78, 5) is 28.3. The van der Waals surface area contributed by atoms with E-state index in [0.29, 0.717) is 41.1 Å². The maximum absolute atomic E-state index is 13.3. The minimum atomic E-state index is -0.282. The quantitative estimate of drug-likeness (QED) is 0.613. The number of Topliss-reactive ketones (excluding diaryl/α,β-unsaturated/α-hetero) is 1. The molecule has 6 rings (SSSR count). The number of nitrogens with one attached hydrogen (secondary N) is 1. The van der Waals surface area contributed by atoms with Gasteiger partial charge in [0.15, 0.2) is 11.4 Å². The normalized spacial score (nSPS) is 26.4. The van der Waals surface area contributed by atoms with Crippen molar-refractivity contribution in [2.24, 2.45) is 23.2 Å². The third-order valence-electron chi connectivity index (χ3n) is 7.97. The van der Waals surface area contributed by atoms with Crippen LogP contribution in [-0.2, 0) is 0 Å². The van der Waals surface area contributed by atoms with E-state index >= 15 is 0 Å². The van der Waals surface area contributed by atoms with Crippen LogP contribution in [0.25, 0.3) is 22.4 Å². The number of aromatic amines is 1. The van der Waals surface area contributed by atoms with Gasteiger partial charge in [-0.15, -0.1) is 0 Å². The summed E-state index contributed by atoms with van der Waals surface area (Å²) in [7, 11) is 0. The molecule has 2 aliphatic carbocycles. The zero-order valence-corrected chi connectivity index (χ0v) is 17.8. The Kier molecular flexibility index (Phi) is 4.22. The highest BCUT2D eigenvalue weighted by molar-refractivity contribution is 6.08. The number of fused-ring (bicyclic) bond motifs is 2. The summed E-state index contributed by atoms with van der Waals surface area (Å²) in [5.41, 5.74) is 4.71. The van der Waals surface area contributed by atoms with E-state index in [4.69, 9.17) is 4.98 Å². The summed E-state index contributed by atoms with van der Waals surface area (Å²) < 4.78 is 0. The van der Waals surface area contributed by atoms with Crippen LogP contribution in [0.1, 0.15) is 43.0 Å². The predicted octanol–water partition coefficient (Wildman–Crippen LogP) is 4.06. The third-order valence-corrected chi connectivity index (χ3v) is 7.97. The Labute approximate surface area is 181 Å². The number of piperidine rings is 1. The lowest BCUT2D eigenvalue weighted by atomic mass is 9.81. The molecule has 0 amide bonds. The van der Waals surface area contributed by atoms with Crippen molar-refractivity contribution in [1.82, 2.24) is 15.0 Å². The van der Waals surface area contributed by atoms with Crippen LogP contribution in [0.5, 0.6) is 0 Å². The summed E-state index contributed by atoms with van der Waals surface area (Å²) in [6.07, 6.45) is 7.69. The molecule has 3 aliphatic rings. The van der Waals surface area contributed by atoms with E-state index in [2.05, 4.69) is 46.1 Å². The van der Waals surface area contributed by atoms with Crippen LogP contribution in [0.2, 0.25) is 0 Å². The van der Waals surface area contributed by atoms with Gasteiger partial charge < -0.3 is 15.0 Å². The Morgan fingerprint density at radius 1 is 1.26 bits per heavy atom. The van der Waals surface area contributed by atoms with E-state index in [9.17, 15) is 9.90 Å². The molecule has 6 nitrogen and oxygen atoms in total. The first-order valence-corrected chi connectivity index (χ1v) is 11.4. The molecule has 31 heavy (non-hydrogen) atoms. The number of carbonyl (C=O) groups excluding carboxylic acids is 1. The molecule has 160 valence electrons. The Bertz CT molecular complexity index is 1150. The van der Waals surface area contributed by atoms with Crippen LogP contribution in [0.4, 0.5) is 5.69 Å². The Morgan fingerprint density at radius 2 is 2.03 bits per heavy atom. The predicted molar refractivity (Wildman–Crippen MR) is 120 cm³/mol. The number of H-pyrrole nitrogens is 1. The average Bonchev–Trinajstić information content (AvgIpc) is 3.25. The molecule has 2 N–H and O–H groups in total. The monoisotopic (exact) mass is 416 g/mol. The van der Waals surface area contributed by atoms with E-state index in [-0.39, 0.29) is 11.2 Å². The largest absolute Gasteiger partial charge is 0.396 e. The highest BCUT2D eigenvalue weighted by Gasteiger charge is 2.55. The number of aromatic nitrogens is 3.